The Labute approximate surface area is 112 Å². The van der Waals surface area contributed by atoms with E-state index in [4.69, 9.17) is 0 Å². The van der Waals surface area contributed by atoms with Crippen LogP contribution in [-0.4, -0.2) is 16.5 Å². The maximum atomic E-state index is 13.3. The van der Waals surface area contributed by atoms with Crippen molar-refractivity contribution in [3.63, 3.8) is 0 Å². The summed E-state index contributed by atoms with van der Waals surface area (Å²) in [6.07, 6.45) is 5.75. The fourth-order valence-corrected chi connectivity index (χ4v) is 1.95. The number of hydrogen-bond donors (Lipinski definition) is 1. The van der Waals surface area contributed by atoms with Crippen molar-refractivity contribution in [2.45, 2.75) is 26.3 Å². The number of halogens is 1. The van der Waals surface area contributed by atoms with Gasteiger partial charge in [0.25, 0.3) is 0 Å². The van der Waals surface area contributed by atoms with E-state index in [9.17, 15) is 4.39 Å². The minimum atomic E-state index is -0.319. The maximum Gasteiger partial charge on any atom is 0.141 e. The first-order chi connectivity index (χ1) is 9.20. The Morgan fingerprint density at radius 3 is 2.68 bits per heavy atom. The van der Waals surface area contributed by atoms with Gasteiger partial charge in [0.2, 0.25) is 0 Å². The second-order valence-corrected chi connectivity index (χ2v) is 4.56. The zero-order valence-electron chi connectivity index (χ0n) is 11.2. The lowest BCUT2D eigenvalue weighted by molar-refractivity contribution is 0.579. The summed E-state index contributed by atoms with van der Waals surface area (Å²) in [4.78, 5) is 8.22. The largest absolute Gasteiger partial charge is 0.306 e. The van der Waals surface area contributed by atoms with Gasteiger partial charge in [-0.1, -0.05) is 13.0 Å². The molecule has 0 aliphatic carbocycles. The van der Waals surface area contributed by atoms with E-state index < -0.39 is 0 Å². The summed E-state index contributed by atoms with van der Waals surface area (Å²) >= 11 is 0. The number of aromatic nitrogens is 2. The van der Waals surface area contributed by atoms with E-state index in [2.05, 4.69) is 22.2 Å². The zero-order valence-corrected chi connectivity index (χ0v) is 11.2. The van der Waals surface area contributed by atoms with Crippen molar-refractivity contribution >= 4 is 0 Å². The highest BCUT2D eigenvalue weighted by atomic mass is 19.1. The van der Waals surface area contributed by atoms with Crippen molar-refractivity contribution in [3.05, 3.63) is 59.4 Å². The third-order valence-electron chi connectivity index (χ3n) is 2.93. The molecular weight excluding hydrogens is 241 g/mol. The molecular formula is C15H18FN3. The van der Waals surface area contributed by atoms with E-state index >= 15 is 0 Å². The molecule has 2 heterocycles. The van der Waals surface area contributed by atoms with Crippen LogP contribution in [-0.2, 0) is 0 Å². The SMILES string of the molecule is CCCNC(c1ccc(C)nc1)c1cncc(F)c1. The highest BCUT2D eigenvalue weighted by Gasteiger charge is 2.14. The second-order valence-electron chi connectivity index (χ2n) is 4.56. The van der Waals surface area contributed by atoms with E-state index in [1.807, 2.05) is 25.3 Å². The number of nitrogens with one attached hydrogen (secondary N) is 1. The van der Waals surface area contributed by atoms with Crippen LogP contribution in [0.3, 0.4) is 0 Å². The van der Waals surface area contributed by atoms with Crippen LogP contribution in [0.2, 0.25) is 0 Å². The predicted molar refractivity (Wildman–Crippen MR) is 73.3 cm³/mol. The molecule has 0 bridgehead atoms. The van der Waals surface area contributed by atoms with Gasteiger partial charge in [0.15, 0.2) is 0 Å². The molecule has 2 aromatic rings. The molecule has 4 heteroatoms. The molecule has 0 aliphatic heterocycles. The summed E-state index contributed by atoms with van der Waals surface area (Å²) in [7, 11) is 0. The zero-order chi connectivity index (χ0) is 13.7. The fraction of sp³-hybridized carbons (Fsp3) is 0.333. The van der Waals surface area contributed by atoms with Gasteiger partial charge in [-0.05, 0) is 43.1 Å². The molecule has 1 atom stereocenters. The summed E-state index contributed by atoms with van der Waals surface area (Å²) in [6, 6.07) is 5.42. The molecule has 0 radical (unpaired) electrons. The van der Waals surface area contributed by atoms with Crippen molar-refractivity contribution in [1.82, 2.24) is 15.3 Å². The van der Waals surface area contributed by atoms with Crippen LogP contribution in [0, 0.1) is 12.7 Å². The standard InChI is InChI=1S/C15H18FN3/c1-3-6-18-15(12-5-4-11(2)19-9-12)13-7-14(16)10-17-8-13/h4-5,7-10,15,18H,3,6H2,1-2H3. The first-order valence-corrected chi connectivity index (χ1v) is 6.47. The van der Waals surface area contributed by atoms with Crippen molar-refractivity contribution in [1.29, 1.82) is 0 Å². The van der Waals surface area contributed by atoms with Crippen LogP contribution in [0.5, 0.6) is 0 Å². The minimum absolute atomic E-state index is 0.0729. The molecule has 0 amide bonds. The first-order valence-electron chi connectivity index (χ1n) is 6.47. The van der Waals surface area contributed by atoms with E-state index in [1.165, 1.54) is 12.3 Å². The average molecular weight is 259 g/mol. The summed E-state index contributed by atoms with van der Waals surface area (Å²) < 4.78 is 13.3. The predicted octanol–water partition coefficient (Wildman–Crippen LogP) is 3.01. The van der Waals surface area contributed by atoms with Gasteiger partial charge in [-0.25, -0.2) is 4.39 Å². The summed E-state index contributed by atoms with van der Waals surface area (Å²) in [5.74, 6) is -0.319. The molecule has 0 saturated carbocycles. The van der Waals surface area contributed by atoms with Gasteiger partial charge < -0.3 is 5.32 Å². The highest BCUT2D eigenvalue weighted by Crippen LogP contribution is 2.21. The molecule has 0 saturated heterocycles. The first kappa shape index (κ1) is 13.6. The van der Waals surface area contributed by atoms with Gasteiger partial charge in [0.05, 0.1) is 12.2 Å². The second kappa shape index (κ2) is 6.38. The number of hydrogen-bond acceptors (Lipinski definition) is 3. The third-order valence-corrected chi connectivity index (χ3v) is 2.93. The lowest BCUT2D eigenvalue weighted by Gasteiger charge is -2.19. The molecule has 0 spiro atoms. The highest BCUT2D eigenvalue weighted by molar-refractivity contribution is 5.29. The lowest BCUT2D eigenvalue weighted by atomic mass is 10.0. The van der Waals surface area contributed by atoms with E-state index in [0.29, 0.717) is 0 Å². The summed E-state index contributed by atoms with van der Waals surface area (Å²) in [5.41, 5.74) is 2.81. The Bertz CT molecular complexity index is 525. The van der Waals surface area contributed by atoms with Gasteiger partial charge in [-0.2, -0.15) is 0 Å². The Morgan fingerprint density at radius 2 is 2.05 bits per heavy atom. The smallest absolute Gasteiger partial charge is 0.141 e. The third kappa shape index (κ3) is 3.58. The molecule has 0 aromatic carbocycles. The Hall–Kier alpha value is -1.81. The molecule has 1 unspecified atom stereocenters. The fourth-order valence-electron chi connectivity index (χ4n) is 1.95. The van der Waals surface area contributed by atoms with Gasteiger partial charge in [0, 0.05) is 18.1 Å². The van der Waals surface area contributed by atoms with Crippen molar-refractivity contribution in [2.24, 2.45) is 0 Å². The molecule has 3 nitrogen and oxygen atoms in total. The van der Waals surface area contributed by atoms with Crippen molar-refractivity contribution < 1.29 is 4.39 Å². The molecule has 19 heavy (non-hydrogen) atoms. The Kier molecular flexibility index (Phi) is 4.58. The molecule has 100 valence electrons. The van der Waals surface area contributed by atoms with E-state index in [0.717, 1.165) is 29.8 Å². The van der Waals surface area contributed by atoms with Crippen molar-refractivity contribution in [2.75, 3.05) is 6.54 Å². The number of aryl methyl sites for hydroxylation is 1. The number of pyridine rings is 2. The quantitative estimate of drug-likeness (QED) is 0.897. The van der Waals surface area contributed by atoms with Crippen LogP contribution in [0.15, 0.2) is 36.8 Å². The van der Waals surface area contributed by atoms with Gasteiger partial charge >= 0.3 is 0 Å². The number of rotatable bonds is 5. The Morgan fingerprint density at radius 1 is 1.21 bits per heavy atom. The lowest BCUT2D eigenvalue weighted by Crippen LogP contribution is -2.23. The topological polar surface area (TPSA) is 37.8 Å². The van der Waals surface area contributed by atoms with Crippen LogP contribution in [0.1, 0.15) is 36.2 Å². The van der Waals surface area contributed by atoms with Crippen LogP contribution >= 0.6 is 0 Å². The Balaban J connectivity index is 2.32. The van der Waals surface area contributed by atoms with Crippen LogP contribution in [0.4, 0.5) is 4.39 Å². The van der Waals surface area contributed by atoms with E-state index in [1.54, 1.807) is 6.20 Å². The molecule has 2 aromatic heterocycles. The monoisotopic (exact) mass is 259 g/mol. The number of nitrogens with zero attached hydrogens (tertiary/aromatic N) is 2. The molecule has 0 fully saturated rings. The van der Waals surface area contributed by atoms with Gasteiger partial charge in [-0.3, -0.25) is 9.97 Å². The molecule has 2 rings (SSSR count). The van der Waals surface area contributed by atoms with Crippen LogP contribution < -0.4 is 5.32 Å². The van der Waals surface area contributed by atoms with Gasteiger partial charge in [0.1, 0.15) is 5.82 Å². The van der Waals surface area contributed by atoms with Crippen molar-refractivity contribution in [3.8, 4) is 0 Å². The van der Waals surface area contributed by atoms with E-state index in [-0.39, 0.29) is 11.9 Å². The maximum absolute atomic E-state index is 13.3. The van der Waals surface area contributed by atoms with Gasteiger partial charge in [-0.15, -0.1) is 0 Å². The molecule has 0 aliphatic rings. The minimum Gasteiger partial charge on any atom is -0.306 e. The summed E-state index contributed by atoms with van der Waals surface area (Å²) in [5, 5.41) is 3.40. The normalized spacial score (nSPS) is 12.4. The summed E-state index contributed by atoms with van der Waals surface area (Å²) in [6.45, 7) is 4.90. The van der Waals surface area contributed by atoms with Crippen LogP contribution in [0.25, 0.3) is 0 Å². The molecule has 1 N–H and O–H groups in total. The average Bonchev–Trinajstić information content (AvgIpc) is 2.41.